The van der Waals surface area contributed by atoms with E-state index < -0.39 is 0 Å². The van der Waals surface area contributed by atoms with E-state index in [0.717, 1.165) is 35.8 Å². The Morgan fingerprint density at radius 1 is 1.37 bits per heavy atom. The molecule has 27 heavy (non-hydrogen) atoms. The summed E-state index contributed by atoms with van der Waals surface area (Å²) in [6.45, 7) is 6.36. The van der Waals surface area contributed by atoms with Crippen LogP contribution in [-0.4, -0.2) is 35.7 Å². The first kappa shape index (κ1) is 19.8. The topological polar surface area (TPSA) is 41.6 Å². The summed E-state index contributed by atoms with van der Waals surface area (Å²) in [5, 5.41) is 4.80. The summed E-state index contributed by atoms with van der Waals surface area (Å²) in [5.74, 6) is 0.338. The van der Waals surface area contributed by atoms with Crippen LogP contribution in [0.3, 0.4) is 0 Å². The number of thiocarbonyl (C=S) groups is 1. The lowest BCUT2D eigenvalue weighted by Gasteiger charge is -2.32. The van der Waals surface area contributed by atoms with Crippen molar-refractivity contribution in [3.8, 4) is 0 Å². The van der Waals surface area contributed by atoms with E-state index in [2.05, 4.69) is 29.3 Å². The molecule has 1 saturated heterocycles. The highest BCUT2D eigenvalue weighted by Crippen LogP contribution is 2.31. The fourth-order valence-electron chi connectivity index (χ4n) is 3.33. The normalized spacial score (nSPS) is 16.8. The van der Waals surface area contributed by atoms with Crippen molar-refractivity contribution in [3.05, 3.63) is 52.4 Å². The number of piperidine rings is 1. The molecule has 144 valence electrons. The molecule has 1 atom stereocenters. The number of nitrogens with one attached hydrogen (secondary N) is 1. The number of hydrogen-bond donors (Lipinski definition) is 1. The molecule has 0 amide bonds. The van der Waals surface area contributed by atoms with Crippen LogP contribution in [0.15, 0.2) is 36.4 Å². The molecule has 0 aliphatic carbocycles. The zero-order chi connectivity index (χ0) is 19.2. The third-order valence-electron chi connectivity index (χ3n) is 4.66. The third-order valence-corrected chi connectivity index (χ3v) is 6.08. The zero-order valence-corrected chi connectivity index (χ0v) is 17.5. The second kappa shape index (κ2) is 9.33. The number of thiophene rings is 1. The van der Waals surface area contributed by atoms with Crippen LogP contribution in [-0.2, 0) is 11.2 Å². The van der Waals surface area contributed by atoms with Gasteiger partial charge in [-0.15, -0.1) is 11.3 Å². The maximum Gasteiger partial charge on any atom is 0.341 e. The van der Waals surface area contributed by atoms with Crippen molar-refractivity contribution >= 4 is 39.6 Å². The molecule has 1 aliphatic heterocycles. The Labute approximate surface area is 170 Å². The third kappa shape index (κ3) is 5.30. The van der Waals surface area contributed by atoms with Crippen molar-refractivity contribution < 1.29 is 9.53 Å². The van der Waals surface area contributed by atoms with Crippen molar-refractivity contribution in [2.45, 2.75) is 33.1 Å². The van der Waals surface area contributed by atoms with Crippen LogP contribution in [0.2, 0.25) is 0 Å². The van der Waals surface area contributed by atoms with Crippen LogP contribution in [0.25, 0.3) is 0 Å². The average molecular weight is 403 g/mol. The molecule has 0 bridgehead atoms. The number of benzene rings is 1. The van der Waals surface area contributed by atoms with Crippen molar-refractivity contribution in [1.29, 1.82) is 0 Å². The van der Waals surface area contributed by atoms with E-state index in [4.69, 9.17) is 17.0 Å². The van der Waals surface area contributed by atoms with Gasteiger partial charge >= 0.3 is 5.97 Å². The molecule has 2 heterocycles. The highest BCUT2D eigenvalue weighted by molar-refractivity contribution is 7.80. The van der Waals surface area contributed by atoms with Gasteiger partial charge in [0.15, 0.2) is 5.11 Å². The fourth-order valence-corrected chi connectivity index (χ4v) is 4.74. The van der Waals surface area contributed by atoms with E-state index in [1.807, 2.05) is 31.2 Å². The summed E-state index contributed by atoms with van der Waals surface area (Å²) in [4.78, 5) is 15.7. The Hall–Kier alpha value is -1.92. The average Bonchev–Trinajstić information content (AvgIpc) is 3.05. The fraction of sp³-hybridized carbons (Fsp3) is 0.429. The van der Waals surface area contributed by atoms with Crippen LogP contribution >= 0.6 is 23.6 Å². The molecule has 2 aromatic rings. The van der Waals surface area contributed by atoms with Gasteiger partial charge in [-0.2, -0.15) is 0 Å². The number of rotatable bonds is 5. The van der Waals surface area contributed by atoms with Gasteiger partial charge in [0.25, 0.3) is 0 Å². The molecule has 1 aromatic heterocycles. The van der Waals surface area contributed by atoms with Gasteiger partial charge in [-0.1, -0.05) is 37.3 Å². The molecule has 3 rings (SSSR count). The Morgan fingerprint density at radius 3 is 2.85 bits per heavy atom. The number of ether oxygens (including phenoxy) is 1. The van der Waals surface area contributed by atoms with Crippen LogP contribution in [0, 0.1) is 5.92 Å². The highest BCUT2D eigenvalue weighted by atomic mass is 32.1. The van der Waals surface area contributed by atoms with Gasteiger partial charge in [-0.3, -0.25) is 0 Å². The van der Waals surface area contributed by atoms with Crippen molar-refractivity contribution in [2.75, 3.05) is 25.0 Å². The van der Waals surface area contributed by atoms with Gasteiger partial charge in [0.2, 0.25) is 0 Å². The van der Waals surface area contributed by atoms with Crippen LogP contribution in [0.5, 0.6) is 0 Å². The molecule has 6 heteroatoms. The predicted octanol–water partition coefficient (Wildman–Crippen LogP) is 4.94. The van der Waals surface area contributed by atoms with Gasteiger partial charge in [0.05, 0.1) is 12.2 Å². The Morgan fingerprint density at radius 2 is 2.15 bits per heavy atom. The molecule has 0 spiro atoms. The van der Waals surface area contributed by atoms with Gasteiger partial charge in [0.1, 0.15) is 5.00 Å². The molecule has 1 fully saturated rings. The van der Waals surface area contributed by atoms with Crippen LogP contribution in [0.4, 0.5) is 5.00 Å². The summed E-state index contributed by atoms with van der Waals surface area (Å²) >= 11 is 7.20. The number of nitrogens with zero attached hydrogens (tertiary/aromatic N) is 1. The summed E-state index contributed by atoms with van der Waals surface area (Å²) in [6, 6.07) is 12.2. The molecule has 4 nitrogen and oxygen atoms in total. The monoisotopic (exact) mass is 402 g/mol. The van der Waals surface area contributed by atoms with Crippen LogP contribution in [0.1, 0.15) is 47.5 Å². The molecule has 1 aromatic carbocycles. The van der Waals surface area contributed by atoms with Crippen molar-refractivity contribution in [3.63, 3.8) is 0 Å². The van der Waals surface area contributed by atoms with E-state index >= 15 is 0 Å². The van der Waals surface area contributed by atoms with E-state index in [1.54, 1.807) is 11.3 Å². The number of anilines is 1. The standard InChI is InChI=1S/C21H26N2O2S2/c1-3-25-20(24)18-13-17(12-16-9-5-4-6-10-16)27-19(18)22-21(26)23-11-7-8-15(2)14-23/h4-6,9-10,13,15H,3,7-8,11-12,14H2,1-2H3,(H,22,26)/t15-/m1/s1. The minimum Gasteiger partial charge on any atom is -0.462 e. The van der Waals surface area contributed by atoms with E-state index in [-0.39, 0.29) is 5.97 Å². The van der Waals surface area contributed by atoms with Crippen molar-refractivity contribution in [2.24, 2.45) is 5.92 Å². The SMILES string of the molecule is CCOC(=O)c1cc(Cc2ccccc2)sc1NC(=S)N1CCC[C@@H](C)C1. The Bertz CT molecular complexity index is 789. The number of hydrogen-bond acceptors (Lipinski definition) is 4. The van der Waals surface area contributed by atoms with E-state index in [9.17, 15) is 4.79 Å². The minimum absolute atomic E-state index is 0.301. The van der Waals surface area contributed by atoms with Gasteiger partial charge < -0.3 is 15.0 Å². The summed E-state index contributed by atoms with van der Waals surface area (Å²) in [6.07, 6.45) is 3.18. The molecule has 1 aliphatic rings. The number of likely N-dealkylation sites (tertiary alicyclic amines) is 1. The van der Waals surface area contributed by atoms with Gasteiger partial charge in [-0.25, -0.2) is 4.79 Å². The first-order chi connectivity index (χ1) is 13.1. The molecule has 0 unspecified atom stereocenters. The number of carbonyl (C=O) groups is 1. The second-order valence-corrected chi connectivity index (χ2v) is 8.49. The first-order valence-corrected chi connectivity index (χ1v) is 10.7. The maximum atomic E-state index is 12.4. The summed E-state index contributed by atoms with van der Waals surface area (Å²) in [5.41, 5.74) is 1.79. The van der Waals surface area contributed by atoms with E-state index in [0.29, 0.717) is 23.2 Å². The van der Waals surface area contributed by atoms with Gasteiger partial charge in [0, 0.05) is 24.4 Å². The quantitative estimate of drug-likeness (QED) is 0.566. The lowest BCUT2D eigenvalue weighted by molar-refractivity contribution is 0.0528. The highest BCUT2D eigenvalue weighted by Gasteiger charge is 2.22. The Kier molecular flexibility index (Phi) is 6.85. The summed E-state index contributed by atoms with van der Waals surface area (Å²) in [7, 11) is 0. The predicted molar refractivity (Wildman–Crippen MR) is 116 cm³/mol. The van der Waals surface area contributed by atoms with Crippen molar-refractivity contribution in [1.82, 2.24) is 4.90 Å². The second-order valence-electron chi connectivity index (χ2n) is 6.96. The minimum atomic E-state index is -0.301. The lowest BCUT2D eigenvalue weighted by atomic mass is 10.0. The molecular formula is C21H26N2O2S2. The molecule has 1 N–H and O–H groups in total. The maximum absolute atomic E-state index is 12.4. The molecule has 0 saturated carbocycles. The Balaban J connectivity index is 1.79. The number of esters is 1. The molecular weight excluding hydrogens is 376 g/mol. The first-order valence-electron chi connectivity index (χ1n) is 9.46. The lowest BCUT2D eigenvalue weighted by Crippen LogP contribution is -2.41. The largest absolute Gasteiger partial charge is 0.462 e. The smallest absolute Gasteiger partial charge is 0.341 e. The summed E-state index contributed by atoms with van der Waals surface area (Å²) < 4.78 is 5.25. The zero-order valence-electron chi connectivity index (χ0n) is 15.9. The number of carbonyl (C=O) groups excluding carboxylic acids is 1. The molecule has 0 radical (unpaired) electrons. The van der Waals surface area contributed by atoms with Gasteiger partial charge in [-0.05, 0) is 49.5 Å². The van der Waals surface area contributed by atoms with E-state index in [1.165, 1.54) is 12.0 Å². The van der Waals surface area contributed by atoms with Crippen LogP contribution < -0.4 is 5.32 Å².